The van der Waals surface area contributed by atoms with Crippen LogP contribution < -0.4 is 5.73 Å². The van der Waals surface area contributed by atoms with Crippen LogP contribution in [-0.2, 0) is 9.53 Å². The molecule has 6 nitrogen and oxygen atoms in total. The number of unbranched alkanes of at least 4 members (excludes halogenated alkanes) is 1. The van der Waals surface area contributed by atoms with E-state index in [9.17, 15) is 9.59 Å². The average molecular weight is 300 g/mol. The van der Waals surface area contributed by atoms with Crippen LogP contribution in [0.4, 0.5) is 4.79 Å². The van der Waals surface area contributed by atoms with Gasteiger partial charge in [0.05, 0.1) is 5.41 Å². The van der Waals surface area contributed by atoms with Gasteiger partial charge in [0.2, 0.25) is 5.91 Å². The molecule has 2 amide bonds. The summed E-state index contributed by atoms with van der Waals surface area (Å²) in [4.78, 5) is 25.4. The van der Waals surface area contributed by atoms with Gasteiger partial charge in [-0.15, -0.1) is 0 Å². The molecule has 0 spiro atoms. The van der Waals surface area contributed by atoms with Crippen molar-refractivity contribution in [3.63, 3.8) is 0 Å². The highest BCUT2D eigenvalue weighted by molar-refractivity contribution is 5.81. The van der Waals surface area contributed by atoms with E-state index in [0.717, 1.165) is 6.42 Å². The lowest BCUT2D eigenvalue weighted by atomic mass is 9.74. The predicted molar refractivity (Wildman–Crippen MR) is 79.6 cm³/mol. The number of rotatable bonds is 5. The Labute approximate surface area is 126 Å². The fourth-order valence-corrected chi connectivity index (χ4v) is 2.64. The molecule has 3 N–H and O–H groups in total. The molecule has 122 valence electrons. The first-order chi connectivity index (χ1) is 9.70. The molecule has 0 atom stereocenters. The summed E-state index contributed by atoms with van der Waals surface area (Å²) in [6.45, 7) is 6.58. The van der Waals surface area contributed by atoms with Crippen LogP contribution in [0.2, 0.25) is 0 Å². The zero-order valence-electron chi connectivity index (χ0n) is 13.4. The minimum atomic E-state index is -0.548. The van der Waals surface area contributed by atoms with E-state index in [0.29, 0.717) is 38.8 Å². The van der Waals surface area contributed by atoms with E-state index in [4.69, 9.17) is 15.6 Å². The molecule has 1 fully saturated rings. The van der Waals surface area contributed by atoms with Gasteiger partial charge in [-0.1, -0.05) is 6.42 Å². The molecule has 1 heterocycles. The molecule has 6 heteroatoms. The molecular weight excluding hydrogens is 272 g/mol. The zero-order valence-corrected chi connectivity index (χ0v) is 13.4. The van der Waals surface area contributed by atoms with E-state index in [1.54, 1.807) is 4.90 Å². The van der Waals surface area contributed by atoms with Gasteiger partial charge in [-0.25, -0.2) is 4.79 Å². The van der Waals surface area contributed by atoms with Crippen molar-refractivity contribution >= 4 is 12.0 Å². The lowest BCUT2D eigenvalue weighted by Crippen LogP contribution is -2.49. The molecule has 0 aromatic heterocycles. The van der Waals surface area contributed by atoms with Crippen molar-refractivity contribution in [1.29, 1.82) is 0 Å². The van der Waals surface area contributed by atoms with Crippen LogP contribution in [0.15, 0.2) is 0 Å². The number of piperidine rings is 1. The van der Waals surface area contributed by atoms with Crippen molar-refractivity contribution in [3.8, 4) is 0 Å². The Balaban J connectivity index is 2.58. The Bertz CT molecular complexity index is 368. The van der Waals surface area contributed by atoms with Crippen molar-refractivity contribution in [2.75, 3.05) is 19.7 Å². The standard InChI is InChI=1S/C15H28N2O4/c1-14(2,3)21-13(20)17-9-7-15(8-10-17,12(16)19)6-4-5-11-18/h18H,4-11H2,1-3H3,(H2,16,19). The number of carbonyl (C=O) groups excluding carboxylic acids is 2. The molecule has 1 saturated heterocycles. The smallest absolute Gasteiger partial charge is 0.410 e. The second-order valence-corrected chi connectivity index (χ2v) is 6.79. The van der Waals surface area contributed by atoms with Gasteiger partial charge in [0, 0.05) is 19.7 Å². The highest BCUT2D eigenvalue weighted by atomic mass is 16.6. The van der Waals surface area contributed by atoms with Gasteiger partial charge >= 0.3 is 6.09 Å². The third kappa shape index (κ3) is 5.19. The predicted octanol–water partition coefficient (Wildman–Crippen LogP) is 1.65. The number of hydrogen-bond donors (Lipinski definition) is 2. The van der Waals surface area contributed by atoms with Crippen LogP contribution in [0, 0.1) is 5.41 Å². The first-order valence-corrected chi connectivity index (χ1v) is 7.59. The van der Waals surface area contributed by atoms with Crippen LogP contribution in [0.3, 0.4) is 0 Å². The highest BCUT2D eigenvalue weighted by Gasteiger charge is 2.41. The lowest BCUT2D eigenvalue weighted by molar-refractivity contribution is -0.131. The summed E-state index contributed by atoms with van der Waals surface area (Å²) in [5, 5.41) is 8.86. The third-order valence-electron chi connectivity index (χ3n) is 3.96. The molecular formula is C15H28N2O4. The van der Waals surface area contributed by atoms with Crippen molar-refractivity contribution in [2.45, 2.75) is 58.5 Å². The molecule has 1 aliphatic heterocycles. The molecule has 0 radical (unpaired) electrons. The quantitative estimate of drug-likeness (QED) is 0.755. The molecule has 0 saturated carbocycles. The second-order valence-electron chi connectivity index (χ2n) is 6.79. The second kappa shape index (κ2) is 7.11. The van der Waals surface area contributed by atoms with E-state index < -0.39 is 11.0 Å². The number of nitrogens with zero attached hydrogens (tertiary/aromatic N) is 1. The third-order valence-corrected chi connectivity index (χ3v) is 3.96. The number of hydrogen-bond acceptors (Lipinski definition) is 4. The van der Waals surface area contributed by atoms with Gasteiger partial charge < -0.3 is 20.5 Å². The number of primary amides is 1. The van der Waals surface area contributed by atoms with Gasteiger partial charge in [-0.3, -0.25) is 4.79 Å². The summed E-state index contributed by atoms with van der Waals surface area (Å²) in [6.07, 6.45) is 2.90. The molecule has 0 aliphatic carbocycles. The molecule has 0 bridgehead atoms. The van der Waals surface area contributed by atoms with Crippen LogP contribution in [0.1, 0.15) is 52.9 Å². The monoisotopic (exact) mass is 300 g/mol. The van der Waals surface area contributed by atoms with Crippen LogP contribution in [-0.4, -0.2) is 47.3 Å². The van der Waals surface area contributed by atoms with Gasteiger partial charge in [-0.05, 0) is 46.5 Å². The minimum absolute atomic E-state index is 0.124. The first-order valence-electron chi connectivity index (χ1n) is 7.59. The Morgan fingerprint density at radius 3 is 2.24 bits per heavy atom. The maximum absolute atomic E-state index is 12.0. The summed E-state index contributed by atoms with van der Waals surface area (Å²) in [5.74, 6) is -0.302. The maximum Gasteiger partial charge on any atom is 0.410 e. The topological polar surface area (TPSA) is 92.9 Å². The molecule has 0 aromatic carbocycles. The molecule has 0 unspecified atom stereocenters. The number of amides is 2. The van der Waals surface area contributed by atoms with Gasteiger partial charge in [0.1, 0.15) is 5.60 Å². The molecule has 1 rings (SSSR count). The van der Waals surface area contributed by atoms with Crippen LogP contribution in [0.25, 0.3) is 0 Å². The van der Waals surface area contributed by atoms with Gasteiger partial charge in [-0.2, -0.15) is 0 Å². The molecule has 1 aliphatic rings. The summed E-state index contributed by atoms with van der Waals surface area (Å²) in [6, 6.07) is 0. The summed E-state index contributed by atoms with van der Waals surface area (Å²) in [5.41, 5.74) is 4.51. The SMILES string of the molecule is CC(C)(C)OC(=O)N1CCC(CCCCO)(C(N)=O)CC1. The summed E-state index contributed by atoms with van der Waals surface area (Å²) >= 11 is 0. The summed E-state index contributed by atoms with van der Waals surface area (Å²) in [7, 11) is 0. The van der Waals surface area contributed by atoms with E-state index in [1.165, 1.54) is 0 Å². The van der Waals surface area contributed by atoms with Crippen molar-refractivity contribution in [2.24, 2.45) is 11.1 Å². The number of carbonyl (C=O) groups is 2. The minimum Gasteiger partial charge on any atom is -0.444 e. The highest BCUT2D eigenvalue weighted by Crippen LogP contribution is 2.36. The molecule has 21 heavy (non-hydrogen) atoms. The number of aliphatic hydroxyl groups excluding tert-OH is 1. The Morgan fingerprint density at radius 1 is 1.24 bits per heavy atom. The van der Waals surface area contributed by atoms with Crippen LogP contribution >= 0.6 is 0 Å². The number of ether oxygens (including phenoxy) is 1. The maximum atomic E-state index is 12.0. The number of likely N-dealkylation sites (tertiary alicyclic amines) is 1. The van der Waals surface area contributed by atoms with Crippen LogP contribution in [0.5, 0.6) is 0 Å². The number of aliphatic hydroxyl groups is 1. The first kappa shape index (κ1) is 17.8. The normalized spacial score (nSPS) is 18.4. The fourth-order valence-electron chi connectivity index (χ4n) is 2.64. The number of nitrogens with two attached hydrogens (primary N) is 1. The van der Waals surface area contributed by atoms with Gasteiger partial charge in [0.25, 0.3) is 0 Å². The largest absolute Gasteiger partial charge is 0.444 e. The fraction of sp³-hybridized carbons (Fsp3) is 0.867. The van der Waals surface area contributed by atoms with Crippen molar-refractivity contribution in [1.82, 2.24) is 4.90 Å². The van der Waals surface area contributed by atoms with E-state index >= 15 is 0 Å². The average Bonchev–Trinajstić information content (AvgIpc) is 2.37. The Hall–Kier alpha value is -1.30. The summed E-state index contributed by atoms with van der Waals surface area (Å²) < 4.78 is 5.34. The lowest BCUT2D eigenvalue weighted by Gasteiger charge is -2.40. The Kier molecular flexibility index (Phi) is 6.01. The van der Waals surface area contributed by atoms with Gasteiger partial charge in [0.15, 0.2) is 0 Å². The van der Waals surface area contributed by atoms with E-state index in [-0.39, 0.29) is 18.6 Å². The van der Waals surface area contributed by atoms with Crippen molar-refractivity contribution in [3.05, 3.63) is 0 Å². The zero-order chi connectivity index (χ0) is 16.1. The van der Waals surface area contributed by atoms with Crippen molar-refractivity contribution < 1.29 is 19.4 Å². The molecule has 0 aromatic rings. The Morgan fingerprint density at radius 2 is 1.81 bits per heavy atom. The van der Waals surface area contributed by atoms with E-state index in [2.05, 4.69) is 0 Å². The van der Waals surface area contributed by atoms with E-state index in [1.807, 2.05) is 20.8 Å².